The van der Waals surface area contributed by atoms with E-state index in [-0.39, 0.29) is 17.9 Å². The van der Waals surface area contributed by atoms with Crippen LogP contribution in [0.2, 0.25) is 0 Å². The van der Waals surface area contributed by atoms with Gasteiger partial charge in [0.15, 0.2) is 0 Å². The van der Waals surface area contributed by atoms with Gasteiger partial charge in [-0.3, -0.25) is 9.59 Å². The average molecular weight is 546 g/mol. The van der Waals surface area contributed by atoms with Gasteiger partial charge in [-0.2, -0.15) is 0 Å². The molecule has 1 aromatic heterocycles. The number of amides is 2. The van der Waals surface area contributed by atoms with Crippen molar-refractivity contribution in [3.63, 3.8) is 0 Å². The van der Waals surface area contributed by atoms with Crippen molar-refractivity contribution in [1.29, 1.82) is 0 Å². The lowest BCUT2D eigenvalue weighted by Gasteiger charge is -2.30. The molecule has 2 unspecified atom stereocenters. The van der Waals surface area contributed by atoms with Crippen molar-refractivity contribution in [2.45, 2.75) is 32.4 Å². The molecule has 2 atom stereocenters. The van der Waals surface area contributed by atoms with Gasteiger partial charge < -0.3 is 34.8 Å². The van der Waals surface area contributed by atoms with E-state index in [0.717, 1.165) is 54.1 Å². The summed E-state index contributed by atoms with van der Waals surface area (Å²) >= 11 is 0. The monoisotopic (exact) mass is 545 g/mol. The first-order valence-corrected chi connectivity index (χ1v) is 13.9. The van der Waals surface area contributed by atoms with E-state index < -0.39 is 6.10 Å². The number of hydrogen-bond donors (Lipinski definition) is 3. The molecular formula is C31H39N5O4. The summed E-state index contributed by atoms with van der Waals surface area (Å²) in [5, 5.41) is 16.4. The van der Waals surface area contributed by atoms with Crippen LogP contribution < -0.4 is 20.3 Å². The Morgan fingerprint density at radius 3 is 2.55 bits per heavy atom. The third-order valence-corrected chi connectivity index (χ3v) is 7.97. The van der Waals surface area contributed by atoms with E-state index in [1.54, 1.807) is 12.0 Å². The van der Waals surface area contributed by atoms with Gasteiger partial charge in [-0.1, -0.05) is 6.07 Å². The van der Waals surface area contributed by atoms with Crippen LogP contribution in [0.1, 0.15) is 51.4 Å². The highest BCUT2D eigenvalue weighted by Crippen LogP contribution is 2.31. The number of aliphatic hydroxyl groups is 1. The normalized spacial score (nSPS) is 18.1. The van der Waals surface area contributed by atoms with Gasteiger partial charge in [-0.15, -0.1) is 0 Å². The van der Waals surface area contributed by atoms with Crippen LogP contribution in [0.4, 0.5) is 5.69 Å². The van der Waals surface area contributed by atoms with Crippen LogP contribution in [0.25, 0.3) is 11.1 Å². The average Bonchev–Trinajstić information content (AvgIpc) is 3.58. The highest BCUT2D eigenvalue weighted by Gasteiger charge is 2.27. The van der Waals surface area contributed by atoms with Gasteiger partial charge in [0.25, 0.3) is 11.8 Å². The quantitative estimate of drug-likeness (QED) is 0.422. The number of benzene rings is 2. The topological polar surface area (TPSA) is 99.1 Å². The summed E-state index contributed by atoms with van der Waals surface area (Å²) in [5.74, 6) is 0.462. The SMILES string of the molecule is COc1cc(-c2cc(C(=O)N3CCC(O)C3)n(C)c2)cc(C(C)NC(=O)c2cc(N3CCNCC3)ccc2C)c1. The molecular weight excluding hydrogens is 506 g/mol. The summed E-state index contributed by atoms with van der Waals surface area (Å²) in [4.78, 5) is 30.5. The molecule has 3 N–H and O–H groups in total. The number of nitrogens with zero attached hydrogens (tertiary/aromatic N) is 3. The highest BCUT2D eigenvalue weighted by molar-refractivity contribution is 5.97. The van der Waals surface area contributed by atoms with E-state index in [1.165, 1.54) is 0 Å². The number of hydrogen-bond acceptors (Lipinski definition) is 6. The molecule has 0 aliphatic carbocycles. The second-order valence-corrected chi connectivity index (χ2v) is 10.8. The van der Waals surface area contributed by atoms with Crippen molar-refractivity contribution in [3.05, 3.63) is 71.0 Å². The molecule has 3 heterocycles. The molecule has 0 radical (unpaired) electrons. The third-order valence-electron chi connectivity index (χ3n) is 7.97. The van der Waals surface area contributed by atoms with Gasteiger partial charge in [0.05, 0.1) is 19.3 Å². The Kier molecular flexibility index (Phi) is 8.14. The number of β-amino-alcohol motifs (C(OH)–C–C–N with tert-alkyl or cyclic N) is 1. The first-order valence-electron chi connectivity index (χ1n) is 13.9. The van der Waals surface area contributed by atoms with Crippen LogP contribution >= 0.6 is 0 Å². The molecule has 0 saturated carbocycles. The van der Waals surface area contributed by atoms with E-state index in [2.05, 4.69) is 21.6 Å². The highest BCUT2D eigenvalue weighted by atomic mass is 16.5. The molecule has 0 bridgehead atoms. The molecule has 2 fully saturated rings. The van der Waals surface area contributed by atoms with Crippen molar-refractivity contribution in [1.82, 2.24) is 20.1 Å². The summed E-state index contributed by atoms with van der Waals surface area (Å²) in [6, 6.07) is 13.6. The molecule has 40 heavy (non-hydrogen) atoms. The van der Waals surface area contributed by atoms with E-state index in [0.29, 0.717) is 36.5 Å². The van der Waals surface area contributed by atoms with Gasteiger partial charge in [-0.05, 0) is 73.4 Å². The predicted octanol–water partition coefficient (Wildman–Crippen LogP) is 3.12. The number of methoxy groups -OCH3 is 1. The number of carbonyl (C=O) groups excluding carboxylic acids is 2. The van der Waals surface area contributed by atoms with Crippen LogP contribution in [-0.2, 0) is 7.05 Å². The maximum absolute atomic E-state index is 13.4. The molecule has 0 spiro atoms. The molecule has 2 saturated heterocycles. The minimum absolute atomic E-state index is 0.0903. The number of rotatable bonds is 7. The van der Waals surface area contributed by atoms with Gasteiger partial charge in [0.1, 0.15) is 11.4 Å². The molecule has 9 nitrogen and oxygen atoms in total. The van der Waals surface area contributed by atoms with Crippen LogP contribution in [0.3, 0.4) is 0 Å². The van der Waals surface area contributed by atoms with Crippen LogP contribution in [0, 0.1) is 6.92 Å². The lowest BCUT2D eigenvalue weighted by molar-refractivity contribution is 0.0755. The van der Waals surface area contributed by atoms with Crippen molar-refractivity contribution in [2.24, 2.45) is 7.05 Å². The fourth-order valence-electron chi connectivity index (χ4n) is 5.51. The van der Waals surface area contributed by atoms with Crippen molar-refractivity contribution in [2.75, 3.05) is 51.3 Å². The standard InChI is InChI=1S/C31H39N5O4/c1-20-5-6-25(35-11-8-32-9-12-35)17-28(20)30(38)33-21(2)22-13-23(15-27(14-22)40-4)24-16-29(34(3)18-24)31(39)36-10-7-26(37)19-36/h5-6,13-18,21,26,32,37H,7-12,19H2,1-4H3,(H,33,38). The zero-order valence-electron chi connectivity index (χ0n) is 23.7. The molecule has 212 valence electrons. The van der Waals surface area contributed by atoms with E-state index in [4.69, 9.17) is 4.74 Å². The van der Waals surface area contributed by atoms with E-state index in [1.807, 2.05) is 68.1 Å². The number of anilines is 1. The fourth-order valence-corrected chi connectivity index (χ4v) is 5.51. The Hall–Kier alpha value is -3.82. The molecule has 9 heteroatoms. The Morgan fingerprint density at radius 2 is 1.85 bits per heavy atom. The second kappa shape index (κ2) is 11.7. The predicted molar refractivity (Wildman–Crippen MR) is 156 cm³/mol. The summed E-state index contributed by atoms with van der Waals surface area (Å²) in [6.07, 6.45) is 2.06. The number of carbonyl (C=O) groups is 2. The van der Waals surface area contributed by atoms with Crippen LogP contribution in [0.15, 0.2) is 48.7 Å². The number of piperazine rings is 1. The number of nitrogens with one attached hydrogen (secondary N) is 2. The molecule has 2 aliphatic rings. The molecule has 2 aliphatic heterocycles. The first kappa shape index (κ1) is 27.7. The molecule has 2 aromatic carbocycles. The fraction of sp³-hybridized carbons (Fsp3) is 0.419. The maximum Gasteiger partial charge on any atom is 0.270 e. The van der Waals surface area contributed by atoms with Gasteiger partial charge in [-0.25, -0.2) is 0 Å². The minimum Gasteiger partial charge on any atom is -0.497 e. The minimum atomic E-state index is -0.463. The van der Waals surface area contributed by atoms with Crippen LogP contribution in [-0.4, -0.2) is 78.9 Å². The molecule has 5 rings (SSSR count). The summed E-state index contributed by atoms with van der Waals surface area (Å²) in [6.45, 7) is 8.54. The van der Waals surface area contributed by atoms with Crippen molar-refractivity contribution >= 4 is 17.5 Å². The number of aryl methyl sites for hydroxylation is 2. The Morgan fingerprint density at radius 1 is 1.07 bits per heavy atom. The largest absolute Gasteiger partial charge is 0.497 e. The Balaban J connectivity index is 1.36. The number of ether oxygens (including phenoxy) is 1. The van der Waals surface area contributed by atoms with E-state index in [9.17, 15) is 14.7 Å². The first-order chi connectivity index (χ1) is 19.2. The van der Waals surface area contributed by atoms with Gasteiger partial charge in [0, 0.05) is 69.3 Å². The smallest absolute Gasteiger partial charge is 0.270 e. The lowest BCUT2D eigenvalue weighted by atomic mass is 10.00. The maximum atomic E-state index is 13.4. The van der Waals surface area contributed by atoms with Crippen molar-refractivity contribution in [3.8, 4) is 16.9 Å². The second-order valence-electron chi connectivity index (χ2n) is 10.8. The molecule has 2 amide bonds. The number of aromatic nitrogens is 1. The Labute approximate surface area is 235 Å². The number of aliphatic hydroxyl groups excluding tert-OH is 1. The molecule has 3 aromatic rings. The number of likely N-dealkylation sites (tertiary alicyclic amines) is 1. The zero-order valence-corrected chi connectivity index (χ0v) is 23.7. The Bertz CT molecular complexity index is 1390. The third kappa shape index (κ3) is 5.85. The summed E-state index contributed by atoms with van der Waals surface area (Å²) in [5.41, 5.74) is 5.90. The van der Waals surface area contributed by atoms with Gasteiger partial charge >= 0.3 is 0 Å². The van der Waals surface area contributed by atoms with Gasteiger partial charge in [0.2, 0.25) is 0 Å². The summed E-state index contributed by atoms with van der Waals surface area (Å²) in [7, 11) is 3.47. The zero-order chi connectivity index (χ0) is 28.4. The lowest BCUT2D eigenvalue weighted by Crippen LogP contribution is -2.43. The van der Waals surface area contributed by atoms with Crippen LogP contribution in [0.5, 0.6) is 5.75 Å². The van der Waals surface area contributed by atoms with Crippen molar-refractivity contribution < 1.29 is 19.4 Å². The van der Waals surface area contributed by atoms with E-state index >= 15 is 0 Å². The summed E-state index contributed by atoms with van der Waals surface area (Å²) < 4.78 is 7.42.